The number of allylic oxidation sites excluding steroid dienone is 1. The van der Waals surface area contributed by atoms with Crippen molar-refractivity contribution in [2.45, 2.75) is 127 Å². The van der Waals surface area contributed by atoms with Crippen molar-refractivity contribution in [2.24, 2.45) is 17.3 Å². The van der Waals surface area contributed by atoms with E-state index in [0.29, 0.717) is 16.4 Å². The minimum absolute atomic E-state index is 0.00292. The number of hydrogen-bond acceptors (Lipinski definition) is 8. The Kier molecular flexibility index (Phi) is 13.3. The average molecular weight is 587 g/mol. The van der Waals surface area contributed by atoms with E-state index in [4.69, 9.17) is 23.7 Å². The Bertz CT molecular complexity index is 690. The largest absolute Gasteiger partial charge is 0.389 e. The van der Waals surface area contributed by atoms with Gasteiger partial charge in [0, 0.05) is 42.5 Å². The van der Waals surface area contributed by atoms with Gasteiger partial charge in [-0.2, -0.15) is 0 Å². The van der Waals surface area contributed by atoms with Crippen LogP contribution in [0.1, 0.15) is 97.8 Å². The molecule has 5 unspecified atom stereocenters. The molecule has 1 aliphatic carbocycles. The van der Waals surface area contributed by atoms with Gasteiger partial charge in [0.1, 0.15) is 0 Å². The standard InChI is InChI=1S/C21H36O3S2.C10H18O3/c1-4-5-6-7-17(22)9-8-16-10-11-21(18(16)19-25-12-13-26-19)23-14-20(2,3)15-24-21;1-3-7-11-9(5-1)13-10-6-2-4-8-12-10/h8-9,16-19,22H,4-7,10-15H2,1-3H3;9-10H,1-8H2/b9-8+;. The van der Waals surface area contributed by atoms with Gasteiger partial charge < -0.3 is 28.8 Å². The summed E-state index contributed by atoms with van der Waals surface area (Å²) in [5.41, 5.74) is 0.106. The number of ether oxygens (including phenoxy) is 5. The van der Waals surface area contributed by atoms with E-state index < -0.39 is 5.79 Å². The number of unbranched alkanes of at least 4 members (excludes halogenated alkanes) is 2. The lowest BCUT2D eigenvalue weighted by Gasteiger charge is -2.46. The molecule has 5 fully saturated rings. The average Bonchev–Trinajstić information content (AvgIpc) is 3.59. The van der Waals surface area contributed by atoms with Crippen LogP contribution in [0, 0.1) is 17.3 Å². The first-order chi connectivity index (χ1) is 18.9. The molecule has 0 radical (unpaired) electrons. The van der Waals surface area contributed by atoms with Crippen LogP contribution in [0.5, 0.6) is 0 Å². The van der Waals surface area contributed by atoms with Crippen LogP contribution in [-0.2, 0) is 23.7 Å². The minimum Gasteiger partial charge on any atom is -0.389 e. The molecule has 1 spiro atoms. The molecule has 4 heterocycles. The lowest BCUT2D eigenvalue weighted by molar-refractivity contribution is -0.313. The van der Waals surface area contributed by atoms with Gasteiger partial charge >= 0.3 is 0 Å². The number of hydrogen-bond donors (Lipinski definition) is 1. The summed E-state index contributed by atoms with van der Waals surface area (Å²) >= 11 is 4.14. The first-order valence-electron chi connectivity index (χ1n) is 15.7. The van der Waals surface area contributed by atoms with Crippen molar-refractivity contribution in [3.05, 3.63) is 12.2 Å². The molecule has 226 valence electrons. The summed E-state index contributed by atoms with van der Waals surface area (Å²) < 4.78 is 30.1. The van der Waals surface area contributed by atoms with Crippen LogP contribution in [0.25, 0.3) is 0 Å². The van der Waals surface area contributed by atoms with Gasteiger partial charge in [-0.05, 0) is 57.3 Å². The first kappa shape index (κ1) is 32.1. The molecule has 5 aliphatic rings. The Morgan fingerprint density at radius 1 is 0.923 bits per heavy atom. The van der Waals surface area contributed by atoms with Gasteiger partial charge in [0.2, 0.25) is 0 Å². The smallest absolute Gasteiger partial charge is 0.173 e. The predicted octanol–water partition coefficient (Wildman–Crippen LogP) is 7.14. The van der Waals surface area contributed by atoms with Gasteiger partial charge in [0.05, 0.1) is 23.9 Å². The second-order valence-corrected chi connectivity index (χ2v) is 15.4. The van der Waals surface area contributed by atoms with Gasteiger partial charge in [0.15, 0.2) is 18.4 Å². The molecule has 0 amide bonds. The fraction of sp³-hybridized carbons (Fsp3) is 0.935. The Hall–Kier alpha value is 0.200. The second-order valence-electron chi connectivity index (χ2n) is 12.6. The molecule has 6 nitrogen and oxygen atoms in total. The summed E-state index contributed by atoms with van der Waals surface area (Å²) in [5, 5.41) is 10.3. The summed E-state index contributed by atoms with van der Waals surface area (Å²) in [5.74, 6) is 2.87. The van der Waals surface area contributed by atoms with Crippen LogP contribution >= 0.6 is 23.5 Å². The maximum absolute atomic E-state index is 10.3. The highest BCUT2D eigenvalue weighted by Crippen LogP contribution is 2.55. The van der Waals surface area contributed by atoms with E-state index in [0.717, 1.165) is 65.0 Å². The zero-order chi connectivity index (χ0) is 27.6. The van der Waals surface area contributed by atoms with Gasteiger partial charge in [0.25, 0.3) is 0 Å². The number of aliphatic hydroxyl groups excluding tert-OH is 1. The zero-order valence-corrected chi connectivity index (χ0v) is 26.3. The predicted molar refractivity (Wildman–Crippen MR) is 161 cm³/mol. The summed E-state index contributed by atoms with van der Waals surface area (Å²) in [6, 6.07) is 0. The number of aliphatic hydroxyl groups is 1. The molecule has 4 saturated heterocycles. The molecular weight excluding hydrogens is 532 g/mol. The zero-order valence-electron chi connectivity index (χ0n) is 24.7. The van der Waals surface area contributed by atoms with Gasteiger partial charge in [-0.25, -0.2) is 0 Å². The SMILES string of the molecule is C1CCC(OC2CCCCO2)OC1.CCCCCC(O)/C=C/C1CCC2(OCC(C)(C)CO2)C1C1SCCS1. The topological polar surface area (TPSA) is 66.4 Å². The highest BCUT2D eigenvalue weighted by Gasteiger charge is 2.56. The molecule has 1 N–H and O–H groups in total. The van der Waals surface area contributed by atoms with E-state index in [9.17, 15) is 5.11 Å². The highest BCUT2D eigenvalue weighted by atomic mass is 32.2. The lowest BCUT2D eigenvalue weighted by atomic mass is 9.90. The molecule has 0 aromatic carbocycles. The van der Waals surface area contributed by atoms with E-state index in [1.807, 2.05) is 6.08 Å². The Morgan fingerprint density at radius 3 is 2.13 bits per heavy atom. The summed E-state index contributed by atoms with van der Waals surface area (Å²) in [6.45, 7) is 9.88. The van der Waals surface area contributed by atoms with Crippen LogP contribution in [0.2, 0.25) is 0 Å². The van der Waals surface area contributed by atoms with Crippen molar-refractivity contribution in [1.29, 1.82) is 0 Å². The fourth-order valence-corrected chi connectivity index (χ4v) is 9.51. The minimum atomic E-state index is -0.410. The van der Waals surface area contributed by atoms with Gasteiger partial charge in [-0.3, -0.25) is 0 Å². The Morgan fingerprint density at radius 2 is 1.56 bits per heavy atom. The third kappa shape index (κ3) is 9.87. The molecule has 0 aromatic rings. The van der Waals surface area contributed by atoms with Crippen LogP contribution in [0.4, 0.5) is 0 Å². The molecular formula is C31H54O6S2. The number of thioether (sulfide) groups is 2. The van der Waals surface area contributed by atoms with Crippen molar-refractivity contribution in [3.8, 4) is 0 Å². The van der Waals surface area contributed by atoms with E-state index in [1.54, 1.807) is 0 Å². The molecule has 0 bridgehead atoms. The molecule has 39 heavy (non-hydrogen) atoms. The van der Waals surface area contributed by atoms with Crippen LogP contribution < -0.4 is 0 Å². The van der Waals surface area contributed by atoms with Crippen molar-refractivity contribution in [1.82, 2.24) is 0 Å². The molecule has 0 aromatic heterocycles. The molecule has 5 atom stereocenters. The van der Waals surface area contributed by atoms with Crippen molar-refractivity contribution < 1.29 is 28.8 Å². The van der Waals surface area contributed by atoms with Crippen molar-refractivity contribution in [2.75, 3.05) is 37.9 Å². The van der Waals surface area contributed by atoms with E-state index in [-0.39, 0.29) is 24.1 Å². The Balaban J connectivity index is 0.000000226. The van der Waals surface area contributed by atoms with E-state index in [1.165, 1.54) is 50.0 Å². The summed E-state index contributed by atoms with van der Waals surface area (Å²) in [6.07, 6.45) is 17.3. The van der Waals surface area contributed by atoms with Crippen LogP contribution in [0.3, 0.4) is 0 Å². The monoisotopic (exact) mass is 586 g/mol. The van der Waals surface area contributed by atoms with Crippen molar-refractivity contribution >= 4 is 23.5 Å². The fourth-order valence-electron chi connectivity index (χ4n) is 6.08. The quantitative estimate of drug-likeness (QED) is 0.226. The lowest BCUT2D eigenvalue weighted by Crippen LogP contribution is -2.52. The summed E-state index contributed by atoms with van der Waals surface area (Å²) in [7, 11) is 0. The second kappa shape index (κ2) is 16.2. The molecule has 4 aliphatic heterocycles. The maximum Gasteiger partial charge on any atom is 0.173 e. The van der Waals surface area contributed by atoms with E-state index >= 15 is 0 Å². The van der Waals surface area contributed by atoms with Gasteiger partial charge in [-0.1, -0.05) is 52.2 Å². The van der Waals surface area contributed by atoms with Crippen LogP contribution in [0.15, 0.2) is 12.2 Å². The van der Waals surface area contributed by atoms with Crippen molar-refractivity contribution in [3.63, 3.8) is 0 Å². The molecule has 1 saturated carbocycles. The Labute approximate surface area is 246 Å². The normalized spacial score (nSPS) is 33.7. The van der Waals surface area contributed by atoms with E-state index in [2.05, 4.69) is 50.4 Å². The third-order valence-electron chi connectivity index (χ3n) is 8.41. The first-order valence-corrected chi connectivity index (χ1v) is 17.8. The van der Waals surface area contributed by atoms with Gasteiger partial charge in [-0.15, -0.1) is 23.5 Å². The maximum atomic E-state index is 10.3. The highest BCUT2D eigenvalue weighted by molar-refractivity contribution is 8.20. The number of rotatable bonds is 9. The molecule has 5 rings (SSSR count). The molecule has 8 heteroatoms. The summed E-state index contributed by atoms with van der Waals surface area (Å²) in [4.78, 5) is 0. The third-order valence-corrected chi connectivity index (χ3v) is 11.6. The van der Waals surface area contributed by atoms with Crippen LogP contribution in [-0.4, -0.2) is 72.1 Å².